The molecular formula is C16H24N4O. The third-order valence-corrected chi connectivity index (χ3v) is 3.83. The number of carbonyl (C=O) groups is 1. The van der Waals surface area contributed by atoms with Gasteiger partial charge in [0.25, 0.3) is 5.91 Å². The Morgan fingerprint density at radius 3 is 2.52 bits per heavy atom. The van der Waals surface area contributed by atoms with E-state index in [1.807, 2.05) is 12.1 Å². The number of hydrogen-bond donors (Lipinski definition) is 3. The molecule has 0 aliphatic heterocycles. The Morgan fingerprint density at radius 1 is 1.24 bits per heavy atom. The summed E-state index contributed by atoms with van der Waals surface area (Å²) >= 11 is 0. The highest BCUT2D eigenvalue weighted by Crippen LogP contribution is 2.17. The SMILES string of the molecule is CNC(=O)c1ccc(CN=C(N)NC2CCCCC2)cc1. The lowest BCUT2D eigenvalue weighted by molar-refractivity contribution is 0.0963. The smallest absolute Gasteiger partial charge is 0.251 e. The fourth-order valence-corrected chi connectivity index (χ4v) is 2.58. The van der Waals surface area contributed by atoms with Crippen molar-refractivity contribution in [3.8, 4) is 0 Å². The van der Waals surface area contributed by atoms with E-state index in [-0.39, 0.29) is 5.91 Å². The fraction of sp³-hybridized carbons (Fsp3) is 0.500. The highest BCUT2D eigenvalue weighted by atomic mass is 16.1. The second-order valence-electron chi connectivity index (χ2n) is 5.46. The summed E-state index contributed by atoms with van der Waals surface area (Å²) in [6.07, 6.45) is 6.22. The maximum absolute atomic E-state index is 11.4. The maximum Gasteiger partial charge on any atom is 0.251 e. The normalized spacial score (nSPS) is 16.5. The lowest BCUT2D eigenvalue weighted by Gasteiger charge is -2.23. The Bertz CT molecular complexity index is 490. The van der Waals surface area contributed by atoms with Crippen LogP contribution in [0.2, 0.25) is 0 Å². The van der Waals surface area contributed by atoms with Gasteiger partial charge < -0.3 is 16.4 Å². The van der Waals surface area contributed by atoms with E-state index < -0.39 is 0 Å². The van der Waals surface area contributed by atoms with Crippen molar-refractivity contribution in [1.29, 1.82) is 0 Å². The Kier molecular flexibility index (Phi) is 5.60. The van der Waals surface area contributed by atoms with Crippen molar-refractivity contribution in [2.45, 2.75) is 44.7 Å². The molecule has 0 bridgehead atoms. The van der Waals surface area contributed by atoms with Crippen LogP contribution in [0.1, 0.15) is 48.0 Å². The first-order valence-electron chi connectivity index (χ1n) is 7.56. The molecule has 0 aromatic heterocycles. The van der Waals surface area contributed by atoms with E-state index in [1.54, 1.807) is 19.2 Å². The topological polar surface area (TPSA) is 79.5 Å². The molecule has 1 aliphatic rings. The molecule has 0 heterocycles. The summed E-state index contributed by atoms with van der Waals surface area (Å²) < 4.78 is 0. The highest BCUT2D eigenvalue weighted by molar-refractivity contribution is 5.93. The van der Waals surface area contributed by atoms with Gasteiger partial charge in [-0.1, -0.05) is 31.4 Å². The van der Waals surface area contributed by atoms with E-state index in [0.29, 0.717) is 24.1 Å². The van der Waals surface area contributed by atoms with Gasteiger partial charge >= 0.3 is 0 Å². The number of rotatable bonds is 4. The van der Waals surface area contributed by atoms with Crippen LogP contribution in [-0.4, -0.2) is 25.0 Å². The van der Waals surface area contributed by atoms with Crippen LogP contribution in [-0.2, 0) is 6.54 Å². The van der Waals surface area contributed by atoms with Crippen LogP contribution in [0.3, 0.4) is 0 Å². The van der Waals surface area contributed by atoms with E-state index in [2.05, 4.69) is 15.6 Å². The summed E-state index contributed by atoms with van der Waals surface area (Å²) in [7, 11) is 1.62. The van der Waals surface area contributed by atoms with Crippen LogP contribution in [0.5, 0.6) is 0 Å². The minimum Gasteiger partial charge on any atom is -0.370 e. The number of nitrogens with two attached hydrogens (primary N) is 1. The predicted molar refractivity (Wildman–Crippen MR) is 85.2 cm³/mol. The zero-order valence-electron chi connectivity index (χ0n) is 12.6. The molecule has 21 heavy (non-hydrogen) atoms. The molecule has 4 N–H and O–H groups in total. The van der Waals surface area contributed by atoms with Crippen molar-refractivity contribution in [1.82, 2.24) is 10.6 Å². The molecule has 1 amide bonds. The number of guanidine groups is 1. The van der Waals surface area contributed by atoms with E-state index in [4.69, 9.17) is 5.73 Å². The van der Waals surface area contributed by atoms with Gasteiger partial charge in [-0.05, 0) is 30.5 Å². The summed E-state index contributed by atoms with van der Waals surface area (Å²) in [4.78, 5) is 15.8. The van der Waals surface area contributed by atoms with Crippen molar-refractivity contribution >= 4 is 11.9 Å². The maximum atomic E-state index is 11.4. The molecule has 1 aromatic carbocycles. The van der Waals surface area contributed by atoms with Gasteiger partial charge in [0.2, 0.25) is 0 Å². The van der Waals surface area contributed by atoms with Gasteiger partial charge in [-0.15, -0.1) is 0 Å². The standard InChI is InChI=1S/C16H24N4O/c1-18-15(21)13-9-7-12(8-10-13)11-19-16(17)20-14-5-3-2-4-6-14/h7-10,14H,2-6,11H2,1H3,(H,18,21)(H3,17,19,20). The van der Waals surface area contributed by atoms with Gasteiger partial charge in [0, 0.05) is 18.7 Å². The Balaban J connectivity index is 1.85. The molecule has 1 aliphatic carbocycles. The van der Waals surface area contributed by atoms with Crippen molar-refractivity contribution in [2.75, 3.05) is 7.05 Å². The molecule has 0 saturated heterocycles. The average molecular weight is 288 g/mol. The zero-order valence-corrected chi connectivity index (χ0v) is 12.6. The van der Waals surface area contributed by atoms with Crippen molar-refractivity contribution < 1.29 is 4.79 Å². The van der Waals surface area contributed by atoms with Gasteiger partial charge in [-0.2, -0.15) is 0 Å². The van der Waals surface area contributed by atoms with Crippen LogP contribution in [0.4, 0.5) is 0 Å². The first kappa shape index (κ1) is 15.4. The van der Waals surface area contributed by atoms with E-state index in [1.165, 1.54) is 32.1 Å². The molecule has 5 nitrogen and oxygen atoms in total. The number of carbonyl (C=O) groups excluding carboxylic acids is 1. The molecule has 0 atom stereocenters. The van der Waals surface area contributed by atoms with Gasteiger partial charge in [-0.3, -0.25) is 4.79 Å². The Hall–Kier alpha value is -2.04. The van der Waals surface area contributed by atoms with Crippen LogP contribution < -0.4 is 16.4 Å². The quantitative estimate of drug-likeness (QED) is 0.583. The fourth-order valence-electron chi connectivity index (χ4n) is 2.58. The predicted octanol–water partition coefficient (Wildman–Crippen LogP) is 1.78. The average Bonchev–Trinajstić information content (AvgIpc) is 2.53. The number of aliphatic imine (C=N–C) groups is 1. The van der Waals surface area contributed by atoms with Crippen molar-refractivity contribution in [2.24, 2.45) is 10.7 Å². The molecule has 1 fully saturated rings. The summed E-state index contributed by atoms with van der Waals surface area (Å²) in [5.74, 6) is 0.431. The molecule has 5 heteroatoms. The lowest BCUT2D eigenvalue weighted by atomic mass is 9.96. The summed E-state index contributed by atoms with van der Waals surface area (Å²) in [5, 5.41) is 5.89. The van der Waals surface area contributed by atoms with Crippen molar-refractivity contribution in [3.05, 3.63) is 35.4 Å². The number of benzene rings is 1. The van der Waals surface area contributed by atoms with Gasteiger partial charge in [0.1, 0.15) is 0 Å². The first-order valence-corrected chi connectivity index (χ1v) is 7.56. The molecule has 1 aromatic rings. The molecule has 0 spiro atoms. The second kappa shape index (κ2) is 7.67. The van der Waals surface area contributed by atoms with Crippen LogP contribution in [0.25, 0.3) is 0 Å². The Labute approximate surface area is 126 Å². The monoisotopic (exact) mass is 288 g/mol. The van der Waals surface area contributed by atoms with Crippen LogP contribution >= 0.6 is 0 Å². The molecule has 114 valence electrons. The molecule has 0 radical (unpaired) electrons. The molecular weight excluding hydrogens is 264 g/mol. The first-order chi connectivity index (χ1) is 10.2. The van der Waals surface area contributed by atoms with E-state index >= 15 is 0 Å². The van der Waals surface area contributed by atoms with Gasteiger partial charge in [0.05, 0.1) is 6.54 Å². The minimum absolute atomic E-state index is 0.0801. The highest BCUT2D eigenvalue weighted by Gasteiger charge is 2.13. The number of amides is 1. The zero-order chi connectivity index (χ0) is 15.1. The molecule has 1 saturated carbocycles. The lowest BCUT2D eigenvalue weighted by Crippen LogP contribution is -2.41. The largest absolute Gasteiger partial charge is 0.370 e. The van der Waals surface area contributed by atoms with Gasteiger partial charge in [-0.25, -0.2) is 4.99 Å². The summed E-state index contributed by atoms with van der Waals surface area (Å²) in [6, 6.07) is 7.88. The van der Waals surface area contributed by atoms with Crippen LogP contribution in [0, 0.1) is 0 Å². The van der Waals surface area contributed by atoms with Gasteiger partial charge in [0.15, 0.2) is 5.96 Å². The molecule has 2 rings (SSSR count). The minimum atomic E-state index is -0.0801. The number of nitrogens with zero attached hydrogens (tertiary/aromatic N) is 1. The number of nitrogens with one attached hydrogen (secondary N) is 2. The van der Waals surface area contributed by atoms with E-state index in [9.17, 15) is 4.79 Å². The summed E-state index contributed by atoms with van der Waals surface area (Å²) in [6.45, 7) is 0.527. The van der Waals surface area contributed by atoms with Crippen LogP contribution in [0.15, 0.2) is 29.3 Å². The number of hydrogen-bond acceptors (Lipinski definition) is 2. The second-order valence-corrected chi connectivity index (χ2v) is 5.46. The summed E-state index contributed by atoms with van der Waals surface area (Å²) in [5.41, 5.74) is 7.62. The third kappa shape index (κ3) is 4.77. The Morgan fingerprint density at radius 2 is 1.90 bits per heavy atom. The molecule has 0 unspecified atom stereocenters. The van der Waals surface area contributed by atoms with E-state index in [0.717, 1.165) is 5.56 Å². The third-order valence-electron chi connectivity index (χ3n) is 3.83. The van der Waals surface area contributed by atoms with Crippen molar-refractivity contribution in [3.63, 3.8) is 0 Å².